The monoisotopic (exact) mass is 1140 g/mol. The molecule has 0 aliphatic carbocycles. The maximum absolute atomic E-state index is 9.57. The summed E-state index contributed by atoms with van der Waals surface area (Å²) in [5, 5.41) is 3.94. The number of nitrogens with zero attached hydrogens (tertiary/aromatic N) is 5. The van der Waals surface area contributed by atoms with Crippen molar-refractivity contribution in [2.75, 3.05) is 0 Å². The first kappa shape index (κ1) is 34.9. The predicted octanol–water partition coefficient (Wildman–Crippen LogP) is 16.8. The Morgan fingerprint density at radius 3 is 1.80 bits per heavy atom. The third-order valence-corrected chi connectivity index (χ3v) is 15.6. The Morgan fingerprint density at radius 1 is 0.568 bits per heavy atom. The van der Waals surface area contributed by atoms with E-state index in [0.29, 0.717) is 37.7 Å². The Labute approximate surface area is 454 Å². The third kappa shape index (κ3) is 6.67. The first-order chi connectivity index (χ1) is 40.2. The number of fused-ring (bicyclic) bond motifs is 9. The molecule has 0 bridgehead atoms. The Hall–Kier alpha value is -8.31. The third-order valence-electron chi connectivity index (χ3n) is 14.5. The molecule has 0 saturated heterocycles. The summed E-state index contributed by atoms with van der Waals surface area (Å²) in [5.41, 5.74) is 8.99. The molecular weight excluding hydrogens is 1090 g/mol. The summed E-state index contributed by atoms with van der Waals surface area (Å²) in [6.45, 7) is 11.3. The van der Waals surface area contributed by atoms with Gasteiger partial charge in [-0.15, -0.1) is 0 Å². The molecule has 5 heterocycles. The second kappa shape index (κ2) is 16.6. The summed E-state index contributed by atoms with van der Waals surface area (Å²) in [6, 6.07) is 46.7. The van der Waals surface area contributed by atoms with E-state index in [2.05, 4.69) is 101 Å². The number of rotatable bonds is 7. The zero-order valence-corrected chi connectivity index (χ0v) is 43.1. The van der Waals surface area contributed by atoms with E-state index in [1.807, 2.05) is 117 Å². The molecular formula is C67H49N5OPt-2. The molecule has 1 aliphatic rings. The Morgan fingerprint density at radius 2 is 1.15 bits per heavy atom. The summed E-state index contributed by atoms with van der Waals surface area (Å²) in [5.74, 6) is 1.69. The van der Waals surface area contributed by atoms with E-state index in [0.717, 1.165) is 49.4 Å². The van der Waals surface area contributed by atoms with Crippen molar-refractivity contribution in [1.29, 1.82) is 0 Å². The van der Waals surface area contributed by atoms with Crippen LogP contribution in [0.1, 0.15) is 65.0 Å². The van der Waals surface area contributed by atoms with Gasteiger partial charge in [0, 0.05) is 11.6 Å². The van der Waals surface area contributed by atoms with Crippen molar-refractivity contribution in [3.05, 3.63) is 239 Å². The van der Waals surface area contributed by atoms with Crippen molar-refractivity contribution in [3.63, 3.8) is 0 Å². The number of hydrogen-bond donors (Lipinski definition) is 0. The van der Waals surface area contributed by atoms with Gasteiger partial charge in [-0.1, -0.05) is 46.8 Å². The molecule has 0 fully saturated rings. The van der Waals surface area contributed by atoms with E-state index in [9.17, 15) is 5.48 Å². The first-order valence-corrected chi connectivity index (χ1v) is 25.5. The van der Waals surface area contributed by atoms with Crippen molar-refractivity contribution < 1.29 is 37.8 Å². The topological polar surface area (TPSA) is 41.8 Å². The summed E-state index contributed by atoms with van der Waals surface area (Å²) in [4.78, 5) is 5.08. The Balaban J connectivity index is 1.01. The van der Waals surface area contributed by atoms with Crippen LogP contribution < -0.4 is 4.74 Å². The summed E-state index contributed by atoms with van der Waals surface area (Å²) < 4.78 is 107. The van der Waals surface area contributed by atoms with Crippen molar-refractivity contribution in [3.8, 4) is 56.6 Å². The second-order valence-electron chi connectivity index (χ2n) is 20.2. The van der Waals surface area contributed by atoms with Crippen molar-refractivity contribution in [2.45, 2.75) is 45.4 Å². The van der Waals surface area contributed by atoms with Gasteiger partial charge in [-0.3, -0.25) is 0 Å². The molecule has 360 valence electrons. The predicted molar refractivity (Wildman–Crippen MR) is 298 cm³/mol. The SMILES string of the molecule is [2H]c1c([2H])c([2H])c(-c2cc(-n3c4ccccc4c4ccccc43)cc(-c3c([2H])c([2H])c([2H])c([2H])c3[2H])c2-n2[c](=[Pt])n(-c3[c-]c(Oc4[c-]c5c(cc4)c4cccc6c4n5-c4nccc(C(C)(C)C)c4C6(C)C)ccc3)c3ccccc32)c([2H])c1[2H]. The average molecular weight is 1150 g/mol. The van der Waals surface area contributed by atoms with Gasteiger partial charge in [-0.05, 0) is 17.0 Å². The fourth-order valence-corrected chi connectivity index (χ4v) is 12.5. The van der Waals surface area contributed by atoms with Crippen LogP contribution in [0.3, 0.4) is 0 Å². The van der Waals surface area contributed by atoms with Crippen LogP contribution in [0.5, 0.6) is 11.5 Å². The molecule has 6 nitrogen and oxygen atoms in total. The number of hydrogen-bond acceptors (Lipinski definition) is 2. The van der Waals surface area contributed by atoms with Crippen LogP contribution in [0, 0.1) is 15.9 Å². The molecule has 4 aromatic heterocycles. The summed E-state index contributed by atoms with van der Waals surface area (Å²) >= 11 is 2.19. The quantitative estimate of drug-likeness (QED) is 0.149. The average Bonchev–Trinajstić information content (AvgIpc) is 1.51. The van der Waals surface area contributed by atoms with Crippen LogP contribution in [0.25, 0.3) is 99.8 Å². The minimum absolute atomic E-state index is 0.145. The summed E-state index contributed by atoms with van der Waals surface area (Å²) in [6.07, 6.45) is 1.90. The molecule has 0 N–H and O–H groups in total. The van der Waals surface area contributed by atoms with Crippen molar-refractivity contribution >= 4 is 54.6 Å². The van der Waals surface area contributed by atoms with Gasteiger partial charge in [-0.2, -0.15) is 0 Å². The van der Waals surface area contributed by atoms with E-state index in [4.69, 9.17) is 17.9 Å². The molecule has 9 aromatic carbocycles. The van der Waals surface area contributed by atoms with E-state index in [-0.39, 0.29) is 38.8 Å². The fraction of sp³-hybridized carbons (Fsp3) is 0.104. The first-order valence-electron chi connectivity index (χ1n) is 29.4. The molecule has 1 aliphatic heterocycles. The van der Waals surface area contributed by atoms with Gasteiger partial charge in [0.05, 0.1) is 0 Å². The van der Waals surface area contributed by atoms with Crippen LogP contribution in [0.15, 0.2) is 206 Å². The molecule has 0 amide bonds. The number of aromatic nitrogens is 5. The molecule has 7 heteroatoms. The van der Waals surface area contributed by atoms with E-state index in [1.165, 1.54) is 16.7 Å². The molecule has 0 saturated carbocycles. The Bertz CT molecular complexity index is 4920. The molecule has 74 heavy (non-hydrogen) atoms. The van der Waals surface area contributed by atoms with Gasteiger partial charge in [0.1, 0.15) is 0 Å². The number of imidazole rings is 1. The maximum atomic E-state index is 9.57. The number of pyridine rings is 1. The van der Waals surface area contributed by atoms with Gasteiger partial charge < -0.3 is 0 Å². The summed E-state index contributed by atoms with van der Waals surface area (Å²) in [7, 11) is 0. The van der Waals surface area contributed by atoms with Gasteiger partial charge in [-0.25, -0.2) is 0 Å². The Kier molecular flexibility index (Phi) is 7.84. The van der Waals surface area contributed by atoms with Crippen LogP contribution in [0.2, 0.25) is 0 Å². The van der Waals surface area contributed by atoms with Crippen LogP contribution >= 0.6 is 0 Å². The second-order valence-corrected chi connectivity index (χ2v) is 21.2. The van der Waals surface area contributed by atoms with Gasteiger partial charge in [0.2, 0.25) is 0 Å². The molecule has 13 aromatic rings. The molecule has 0 spiro atoms. The fourth-order valence-electron chi connectivity index (χ4n) is 11.4. The zero-order valence-electron chi connectivity index (χ0n) is 50.8. The standard InChI is InChI=1S/C67H49N5O.Pt/c1-66(2,3)55-36-37-68-65-62(55)67(4,5)56-29-19-28-52-51-35-34-48(41-61(51)72(65)64(52)56)73-47-25-18-24-45(38-47)69-42-70(60-33-17-16-32-59(60)69)63-53(43-20-8-6-9-21-43)39-46(40-54(63)44-22-10-7-11-23-44)71-57-30-14-12-26-49(57)50-27-13-15-31-58(50)71;/h6-37,39-40H,1-5H3;/q-2;/i6D,7D,8D,9D,10D,11D,20D,21D,22D,23D;. The van der Waals surface area contributed by atoms with Gasteiger partial charge in [0.15, 0.2) is 0 Å². The number of benzene rings is 9. The van der Waals surface area contributed by atoms with Crippen LogP contribution in [0.4, 0.5) is 0 Å². The zero-order chi connectivity index (χ0) is 58.7. The van der Waals surface area contributed by atoms with E-state index < -0.39 is 60.4 Å². The van der Waals surface area contributed by atoms with E-state index >= 15 is 0 Å². The molecule has 14 rings (SSSR count). The molecule has 0 radical (unpaired) electrons. The molecule has 0 unspecified atom stereocenters. The number of ether oxygens (including phenoxy) is 1. The van der Waals surface area contributed by atoms with E-state index in [1.54, 1.807) is 12.1 Å². The van der Waals surface area contributed by atoms with Gasteiger partial charge in [0.25, 0.3) is 0 Å². The minimum atomic E-state index is -0.583. The van der Waals surface area contributed by atoms with Crippen molar-refractivity contribution in [1.82, 2.24) is 23.3 Å². The van der Waals surface area contributed by atoms with Gasteiger partial charge >= 0.3 is 381 Å². The molecule has 0 atom stereocenters. The van der Waals surface area contributed by atoms with Crippen molar-refractivity contribution in [2.24, 2.45) is 0 Å². The normalized spacial score (nSPS) is 15.0. The number of para-hydroxylation sites is 5. The van der Waals surface area contributed by atoms with Crippen LogP contribution in [-0.4, -0.2) is 23.3 Å². The van der Waals surface area contributed by atoms with Crippen LogP contribution in [-0.2, 0) is 30.2 Å².